The third-order valence-corrected chi connectivity index (χ3v) is 6.33. The monoisotopic (exact) mass is 418 g/mol. The molecule has 0 saturated carbocycles. The summed E-state index contributed by atoms with van der Waals surface area (Å²) in [4.78, 5) is 0. The van der Waals surface area contributed by atoms with Crippen LogP contribution in [0.3, 0.4) is 0 Å². The quantitative estimate of drug-likeness (QED) is 0.509. The highest BCUT2D eigenvalue weighted by molar-refractivity contribution is 8.93. The molecule has 0 aliphatic heterocycles. The lowest BCUT2D eigenvalue weighted by atomic mass is 10.1. The van der Waals surface area contributed by atoms with Gasteiger partial charge in [0.25, 0.3) is 0 Å². The molecule has 3 heteroatoms. The minimum atomic E-state index is -0.478. The Kier molecular flexibility index (Phi) is 9.45. The first-order chi connectivity index (χ1) is 10.9. The second kappa shape index (κ2) is 10.8. The van der Waals surface area contributed by atoms with E-state index in [1.807, 2.05) is 0 Å². The molecule has 0 fully saturated rings. The van der Waals surface area contributed by atoms with Crippen molar-refractivity contribution in [3.05, 3.63) is 90.5 Å². The van der Waals surface area contributed by atoms with Gasteiger partial charge in [-0.1, -0.05) is 98.3 Å². The Morgan fingerprint density at radius 1 is 0.667 bits per heavy atom. The van der Waals surface area contributed by atoms with Gasteiger partial charge in [0.2, 0.25) is 0 Å². The van der Waals surface area contributed by atoms with Crippen molar-refractivity contribution in [2.75, 3.05) is 0 Å². The third kappa shape index (κ3) is 5.00. The molecule has 0 nitrogen and oxygen atoms in total. The fraction of sp³-hybridized carbons (Fsp3) is 0.143. The molecule has 3 aromatic carbocycles. The SMILES string of the molecule is Br.CCCc1ccccc1P(c1ccccc1)c1ccccc1.P. The lowest BCUT2D eigenvalue weighted by Crippen LogP contribution is -2.23. The molecule has 0 aromatic heterocycles. The number of halogens is 1. The summed E-state index contributed by atoms with van der Waals surface area (Å²) in [7, 11) is -0.478. The Morgan fingerprint density at radius 3 is 1.62 bits per heavy atom. The number of rotatable bonds is 5. The molecule has 0 bridgehead atoms. The summed E-state index contributed by atoms with van der Waals surface area (Å²) in [5.41, 5.74) is 1.49. The van der Waals surface area contributed by atoms with Gasteiger partial charge in [-0.3, -0.25) is 0 Å². The van der Waals surface area contributed by atoms with Crippen LogP contribution in [0.4, 0.5) is 0 Å². The molecular formula is C21H25BrP2. The van der Waals surface area contributed by atoms with E-state index < -0.39 is 7.92 Å². The van der Waals surface area contributed by atoms with Crippen molar-refractivity contribution >= 4 is 50.7 Å². The van der Waals surface area contributed by atoms with Gasteiger partial charge in [0.15, 0.2) is 0 Å². The van der Waals surface area contributed by atoms with Crippen LogP contribution in [0.5, 0.6) is 0 Å². The topological polar surface area (TPSA) is 0 Å². The predicted octanol–water partition coefficient (Wildman–Crippen LogP) is 5.03. The maximum Gasteiger partial charge on any atom is -0.0119 e. The van der Waals surface area contributed by atoms with Gasteiger partial charge >= 0.3 is 0 Å². The summed E-state index contributed by atoms with van der Waals surface area (Å²) in [6, 6.07) is 30.8. The number of hydrogen-bond acceptors (Lipinski definition) is 0. The first-order valence-electron chi connectivity index (χ1n) is 7.88. The Morgan fingerprint density at radius 2 is 1.12 bits per heavy atom. The first kappa shape index (κ1) is 21.0. The lowest BCUT2D eigenvalue weighted by molar-refractivity contribution is 0.927. The Hall–Kier alpha value is -1.000. The van der Waals surface area contributed by atoms with Crippen molar-refractivity contribution in [1.82, 2.24) is 0 Å². The Bertz CT molecular complexity index is 675. The van der Waals surface area contributed by atoms with Gasteiger partial charge in [0.1, 0.15) is 0 Å². The van der Waals surface area contributed by atoms with Gasteiger partial charge in [-0.15, -0.1) is 17.0 Å². The van der Waals surface area contributed by atoms with E-state index in [9.17, 15) is 0 Å². The zero-order valence-corrected chi connectivity index (χ0v) is 18.1. The molecule has 3 rings (SSSR count). The smallest absolute Gasteiger partial charge is 0.0119 e. The Labute approximate surface area is 160 Å². The number of aryl methyl sites for hydroxylation is 1. The molecule has 0 aliphatic rings. The molecule has 0 aliphatic carbocycles. The zero-order valence-electron chi connectivity index (χ0n) is 14.1. The molecular weight excluding hydrogens is 394 g/mol. The summed E-state index contributed by atoms with van der Waals surface area (Å²) >= 11 is 0. The van der Waals surface area contributed by atoms with Crippen LogP contribution in [0.15, 0.2) is 84.9 Å². The van der Waals surface area contributed by atoms with Gasteiger partial charge in [0.05, 0.1) is 0 Å². The summed E-state index contributed by atoms with van der Waals surface area (Å²) in [6.07, 6.45) is 2.33. The molecule has 1 unspecified atom stereocenters. The van der Waals surface area contributed by atoms with Crippen LogP contribution in [0.25, 0.3) is 0 Å². The van der Waals surface area contributed by atoms with Gasteiger partial charge in [-0.05, 0) is 35.8 Å². The van der Waals surface area contributed by atoms with Gasteiger partial charge in [-0.25, -0.2) is 0 Å². The van der Waals surface area contributed by atoms with Gasteiger partial charge < -0.3 is 0 Å². The number of benzene rings is 3. The van der Waals surface area contributed by atoms with E-state index in [0.717, 1.165) is 6.42 Å². The van der Waals surface area contributed by atoms with Gasteiger partial charge in [0, 0.05) is 0 Å². The highest BCUT2D eigenvalue weighted by Crippen LogP contribution is 2.34. The molecule has 1 atom stereocenters. The van der Waals surface area contributed by atoms with Crippen LogP contribution in [0.1, 0.15) is 18.9 Å². The summed E-state index contributed by atoms with van der Waals surface area (Å²) in [5, 5.41) is 4.34. The largest absolute Gasteiger partial charge is 0.153 e. The summed E-state index contributed by atoms with van der Waals surface area (Å²) in [6.45, 7) is 2.25. The second-order valence-corrected chi connectivity index (χ2v) is 7.57. The molecule has 24 heavy (non-hydrogen) atoms. The third-order valence-electron chi connectivity index (χ3n) is 3.78. The molecule has 126 valence electrons. The molecule has 0 radical (unpaired) electrons. The first-order valence-corrected chi connectivity index (χ1v) is 9.22. The lowest BCUT2D eigenvalue weighted by Gasteiger charge is -2.22. The van der Waals surface area contributed by atoms with E-state index >= 15 is 0 Å². The molecule has 0 heterocycles. The fourth-order valence-corrected chi connectivity index (χ4v) is 5.29. The zero-order chi connectivity index (χ0) is 15.2. The normalized spacial score (nSPS) is 9.92. The van der Waals surface area contributed by atoms with Crippen LogP contribution < -0.4 is 15.9 Å². The van der Waals surface area contributed by atoms with E-state index in [2.05, 4.69) is 91.9 Å². The minimum absolute atomic E-state index is 0. The van der Waals surface area contributed by atoms with E-state index in [4.69, 9.17) is 0 Å². The maximum atomic E-state index is 2.32. The maximum absolute atomic E-state index is 2.32. The van der Waals surface area contributed by atoms with Crippen LogP contribution in [0, 0.1) is 0 Å². The van der Waals surface area contributed by atoms with Crippen molar-refractivity contribution in [2.45, 2.75) is 19.8 Å². The van der Waals surface area contributed by atoms with Crippen LogP contribution in [-0.4, -0.2) is 0 Å². The van der Waals surface area contributed by atoms with Crippen molar-refractivity contribution in [3.63, 3.8) is 0 Å². The standard InChI is InChI=1S/C21H21P.BrH.H3P/c1-2-11-18-12-9-10-17-21(18)22(19-13-5-3-6-14-19)20-15-7-4-8-16-20;;/h3-10,12-17H,2,11H2,1H3;1H;1H3. The fourth-order valence-electron chi connectivity index (χ4n) is 2.79. The molecule has 3 aromatic rings. The van der Waals surface area contributed by atoms with E-state index in [1.165, 1.54) is 27.9 Å². The average molecular weight is 419 g/mol. The molecule has 0 N–H and O–H groups in total. The van der Waals surface area contributed by atoms with E-state index in [1.54, 1.807) is 0 Å². The van der Waals surface area contributed by atoms with Crippen molar-refractivity contribution in [2.24, 2.45) is 0 Å². The predicted molar refractivity (Wildman–Crippen MR) is 121 cm³/mol. The van der Waals surface area contributed by atoms with E-state index in [-0.39, 0.29) is 26.9 Å². The van der Waals surface area contributed by atoms with Gasteiger partial charge in [-0.2, -0.15) is 9.90 Å². The van der Waals surface area contributed by atoms with Crippen LogP contribution >= 0.6 is 34.8 Å². The second-order valence-electron chi connectivity index (χ2n) is 5.39. The molecule has 0 saturated heterocycles. The van der Waals surface area contributed by atoms with Crippen molar-refractivity contribution in [3.8, 4) is 0 Å². The average Bonchev–Trinajstić information content (AvgIpc) is 2.59. The highest BCUT2D eigenvalue weighted by Gasteiger charge is 2.18. The van der Waals surface area contributed by atoms with Crippen LogP contribution in [-0.2, 0) is 6.42 Å². The highest BCUT2D eigenvalue weighted by atomic mass is 79.9. The minimum Gasteiger partial charge on any atom is -0.153 e. The molecule has 0 spiro atoms. The van der Waals surface area contributed by atoms with Crippen molar-refractivity contribution in [1.29, 1.82) is 0 Å². The van der Waals surface area contributed by atoms with Crippen molar-refractivity contribution < 1.29 is 0 Å². The van der Waals surface area contributed by atoms with E-state index in [0.29, 0.717) is 0 Å². The summed E-state index contributed by atoms with van der Waals surface area (Å²) < 4.78 is 0. The molecule has 0 amide bonds. The number of hydrogen-bond donors (Lipinski definition) is 0. The Balaban J connectivity index is 0.00000144. The summed E-state index contributed by atoms with van der Waals surface area (Å²) in [5.74, 6) is 0. The van der Waals surface area contributed by atoms with Crippen LogP contribution in [0.2, 0.25) is 0 Å².